The molecule has 2 heteroatoms. The molecule has 0 spiro atoms. The molecule has 1 nitrogen and oxygen atoms in total. The minimum atomic E-state index is -0.937. The normalized spacial score (nSPS) is 32.8. The first-order valence-electron chi connectivity index (χ1n) is 4.91. The predicted octanol–water partition coefficient (Wildman–Crippen LogP) is 2.47. The average Bonchev–Trinajstić information content (AvgIpc) is 1.82. The summed E-state index contributed by atoms with van der Waals surface area (Å²) in [6.45, 7) is 8.84. The third kappa shape index (κ3) is 3.10. The van der Waals surface area contributed by atoms with Crippen molar-refractivity contribution >= 4 is 0 Å². The van der Waals surface area contributed by atoms with E-state index in [0.717, 1.165) is 25.9 Å². The number of likely N-dealkylation sites (tertiary alicyclic amines) is 1. The van der Waals surface area contributed by atoms with E-state index in [-0.39, 0.29) is 0 Å². The van der Waals surface area contributed by atoms with Gasteiger partial charge in [-0.3, -0.25) is 4.90 Å². The Morgan fingerprint density at radius 2 is 2.17 bits per heavy atom. The predicted molar refractivity (Wildman–Crippen MR) is 50.0 cm³/mol. The van der Waals surface area contributed by atoms with E-state index in [0.29, 0.717) is 12.5 Å². The Kier molecular flexibility index (Phi) is 3.10. The molecule has 1 aliphatic rings. The second-order valence-electron chi connectivity index (χ2n) is 4.65. The number of hydrogen-bond acceptors (Lipinski definition) is 1. The lowest BCUT2D eigenvalue weighted by Crippen LogP contribution is -2.44. The number of nitrogens with zero attached hydrogens (tertiary/aromatic N) is 1. The maximum Gasteiger partial charge on any atom is 0.120 e. The summed E-state index contributed by atoms with van der Waals surface area (Å²) in [5.74, 6) is 0.652. The molecule has 1 rings (SSSR count). The maximum atomic E-state index is 13.5. The first kappa shape index (κ1) is 9.97. The number of alkyl halides is 1. The van der Waals surface area contributed by atoms with E-state index >= 15 is 0 Å². The number of piperidine rings is 1. The van der Waals surface area contributed by atoms with E-state index in [1.54, 1.807) is 6.92 Å². The number of rotatable bonds is 2. The van der Waals surface area contributed by atoms with Crippen LogP contribution in [0.4, 0.5) is 4.39 Å². The second kappa shape index (κ2) is 3.73. The molecule has 0 aromatic rings. The first-order chi connectivity index (χ1) is 5.49. The van der Waals surface area contributed by atoms with Crippen LogP contribution < -0.4 is 0 Å². The lowest BCUT2D eigenvalue weighted by molar-refractivity contribution is 0.0543. The summed E-state index contributed by atoms with van der Waals surface area (Å²) in [6.07, 6.45) is 1.75. The lowest BCUT2D eigenvalue weighted by atomic mass is 9.96. The second-order valence-corrected chi connectivity index (χ2v) is 4.65. The fourth-order valence-corrected chi connectivity index (χ4v) is 1.97. The Morgan fingerprint density at radius 3 is 2.67 bits per heavy atom. The van der Waals surface area contributed by atoms with Gasteiger partial charge in [0.1, 0.15) is 5.67 Å². The zero-order valence-corrected chi connectivity index (χ0v) is 8.44. The topological polar surface area (TPSA) is 3.24 Å². The van der Waals surface area contributed by atoms with Crippen molar-refractivity contribution in [2.75, 3.05) is 19.6 Å². The van der Waals surface area contributed by atoms with Crippen LogP contribution >= 0.6 is 0 Å². The van der Waals surface area contributed by atoms with Crippen molar-refractivity contribution in [1.29, 1.82) is 0 Å². The molecule has 72 valence electrons. The first-order valence-corrected chi connectivity index (χ1v) is 4.91. The van der Waals surface area contributed by atoms with Gasteiger partial charge in [0.05, 0.1) is 0 Å². The molecule has 1 unspecified atom stereocenters. The largest absolute Gasteiger partial charge is 0.300 e. The summed E-state index contributed by atoms with van der Waals surface area (Å²) in [5.41, 5.74) is -0.937. The van der Waals surface area contributed by atoms with Gasteiger partial charge >= 0.3 is 0 Å². The van der Waals surface area contributed by atoms with Crippen LogP contribution in [0.15, 0.2) is 0 Å². The van der Waals surface area contributed by atoms with Gasteiger partial charge in [0, 0.05) is 13.1 Å². The zero-order chi connectivity index (χ0) is 9.19. The molecule has 0 aliphatic carbocycles. The molecule has 12 heavy (non-hydrogen) atoms. The van der Waals surface area contributed by atoms with Crippen molar-refractivity contribution in [3.63, 3.8) is 0 Å². The Bertz CT molecular complexity index is 143. The summed E-state index contributed by atoms with van der Waals surface area (Å²) in [6, 6.07) is 0. The molecule has 0 N–H and O–H groups in total. The third-order valence-electron chi connectivity index (χ3n) is 2.35. The molecule has 0 radical (unpaired) electrons. The summed E-state index contributed by atoms with van der Waals surface area (Å²) in [7, 11) is 0. The molecule has 1 heterocycles. The fraction of sp³-hybridized carbons (Fsp3) is 1.00. The quantitative estimate of drug-likeness (QED) is 0.620. The molecule has 0 amide bonds. The Hall–Kier alpha value is -0.110. The molecule has 0 aromatic heterocycles. The Labute approximate surface area is 74.9 Å². The van der Waals surface area contributed by atoms with Crippen molar-refractivity contribution in [3.8, 4) is 0 Å². The van der Waals surface area contributed by atoms with E-state index < -0.39 is 5.67 Å². The van der Waals surface area contributed by atoms with E-state index in [9.17, 15) is 4.39 Å². The number of halogens is 1. The average molecular weight is 173 g/mol. The SMILES string of the molecule is CC(C)CN1CCCC(C)(F)C1. The summed E-state index contributed by atoms with van der Waals surface area (Å²) < 4.78 is 13.5. The summed E-state index contributed by atoms with van der Waals surface area (Å²) >= 11 is 0. The van der Waals surface area contributed by atoms with Crippen molar-refractivity contribution in [2.45, 2.75) is 39.3 Å². The van der Waals surface area contributed by atoms with Crippen molar-refractivity contribution in [1.82, 2.24) is 4.90 Å². The molecule has 0 saturated carbocycles. The molecule has 1 fully saturated rings. The standard InChI is InChI=1S/C10H20FN/c1-9(2)7-12-6-4-5-10(3,11)8-12/h9H,4-8H2,1-3H3. The highest BCUT2D eigenvalue weighted by molar-refractivity contribution is 4.83. The number of hydrogen-bond donors (Lipinski definition) is 0. The van der Waals surface area contributed by atoms with Gasteiger partial charge in [-0.1, -0.05) is 13.8 Å². The van der Waals surface area contributed by atoms with Gasteiger partial charge in [-0.25, -0.2) is 4.39 Å². The zero-order valence-electron chi connectivity index (χ0n) is 8.44. The van der Waals surface area contributed by atoms with Crippen LogP contribution in [0.2, 0.25) is 0 Å². The monoisotopic (exact) mass is 173 g/mol. The van der Waals surface area contributed by atoms with Crippen LogP contribution in [0.25, 0.3) is 0 Å². The van der Waals surface area contributed by atoms with Gasteiger partial charge in [0.15, 0.2) is 0 Å². The van der Waals surface area contributed by atoms with Crippen LogP contribution in [0.5, 0.6) is 0 Å². The van der Waals surface area contributed by atoms with E-state index in [4.69, 9.17) is 0 Å². The minimum absolute atomic E-state index is 0.630. The highest BCUT2D eigenvalue weighted by Crippen LogP contribution is 2.24. The molecule has 0 bridgehead atoms. The molecule has 0 aromatic carbocycles. The fourth-order valence-electron chi connectivity index (χ4n) is 1.97. The van der Waals surface area contributed by atoms with Crippen LogP contribution in [0, 0.1) is 5.92 Å². The Morgan fingerprint density at radius 1 is 1.50 bits per heavy atom. The van der Waals surface area contributed by atoms with E-state index in [1.807, 2.05) is 0 Å². The van der Waals surface area contributed by atoms with Gasteiger partial charge in [-0.05, 0) is 32.2 Å². The molecule has 1 saturated heterocycles. The highest BCUT2D eigenvalue weighted by Gasteiger charge is 2.30. The third-order valence-corrected chi connectivity index (χ3v) is 2.35. The van der Waals surface area contributed by atoms with Crippen molar-refractivity contribution < 1.29 is 4.39 Å². The smallest absolute Gasteiger partial charge is 0.120 e. The van der Waals surface area contributed by atoms with Gasteiger partial charge in [0.2, 0.25) is 0 Å². The van der Waals surface area contributed by atoms with Gasteiger partial charge in [0.25, 0.3) is 0 Å². The molecular weight excluding hydrogens is 153 g/mol. The van der Waals surface area contributed by atoms with Gasteiger partial charge in [-0.15, -0.1) is 0 Å². The van der Waals surface area contributed by atoms with E-state index in [2.05, 4.69) is 18.7 Å². The van der Waals surface area contributed by atoms with Gasteiger partial charge < -0.3 is 0 Å². The minimum Gasteiger partial charge on any atom is -0.300 e. The molecular formula is C10H20FN. The van der Waals surface area contributed by atoms with Crippen LogP contribution in [-0.4, -0.2) is 30.2 Å². The summed E-state index contributed by atoms with van der Waals surface area (Å²) in [4.78, 5) is 2.24. The molecule has 1 atom stereocenters. The van der Waals surface area contributed by atoms with Crippen molar-refractivity contribution in [2.24, 2.45) is 5.92 Å². The Balaban J connectivity index is 2.36. The van der Waals surface area contributed by atoms with Crippen LogP contribution in [-0.2, 0) is 0 Å². The highest BCUT2D eigenvalue weighted by atomic mass is 19.1. The lowest BCUT2D eigenvalue weighted by Gasteiger charge is -2.35. The van der Waals surface area contributed by atoms with Gasteiger partial charge in [-0.2, -0.15) is 0 Å². The van der Waals surface area contributed by atoms with E-state index in [1.165, 1.54) is 0 Å². The van der Waals surface area contributed by atoms with Crippen molar-refractivity contribution in [3.05, 3.63) is 0 Å². The van der Waals surface area contributed by atoms with Crippen LogP contribution in [0.1, 0.15) is 33.6 Å². The molecule has 1 aliphatic heterocycles. The summed E-state index contributed by atoms with van der Waals surface area (Å²) in [5, 5.41) is 0. The maximum absolute atomic E-state index is 13.5. The van der Waals surface area contributed by atoms with Crippen LogP contribution in [0.3, 0.4) is 0 Å².